The summed E-state index contributed by atoms with van der Waals surface area (Å²) in [6.07, 6.45) is 1.16. The van der Waals surface area contributed by atoms with Crippen LogP contribution in [-0.2, 0) is 14.8 Å². The van der Waals surface area contributed by atoms with E-state index in [9.17, 15) is 13.2 Å². The Bertz CT molecular complexity index is 932. The molecule has 2 heterocycles. The maximum Gasteiger partial charge on any atom is 0.243 e. The Balaban J connectivity index is 1.84. The lowest BCUT2D eigenvalue weighted by atomic mass is 10.2. The van der Waals surface area contributed by atoms with Gasteiger partial charge in [0, 0.05) is 18.7 Å². The third-order valence-electron chi connectivity index (χ3n) is 4.73. The van der Waals surface area contributed by atoms with Crippen molar-refractivity contribution in [2.75, 3.05) is 11.9 Å². The lowest BCUT2D eigenvalue weighted by Gasteiger charge is -2.24. The predicted molar refractivity (Wildman–Crippen MR) is 104 cm³/mol. The highest BCUT2D eigenvalue weighted by molar-refractivity contribution is 7.89. The molecule has 1 fully saturated rings. The quantitative estimate of drug-likeness (QED) is 0.851. The summed E-state index contributed by atoms with van der Waals surface area (Å²) in [5.41, 5.74) is 1.79. The summed E-state index contributed by atoms with van der Waals surface area (Å²) in [6.45, 7) is 8.06. The van der Waals surface area contributed by atoms with Crippen LogP contribution in [0.15, 0.2) is 35.2 Å². The van der Waals surface area contributed by atoms with Gasteiger partial charge >= 0.3 is 0 Å². The standard InChI is InChI=1S/C19H26N4O3S/c1-13(2)23-18(12-15(4)21-23)20-19(24)17-6-5-11-22(17)27(25,26)16-9-7-14(3)8-10-16/h7-10,12-13,17H,5-6,11H2,1-4H3,(H,20,24)/t17-/m0/s1. The number of aromatic nitrogens is 2. The van der Waals surface area contributed by atoms with Crippen LogP contribution >= 0.6 is 0 Å². The number of sulfonamides is 1. The van der Waals surface area contributed by atoms with Crippen molar-refractivity contribution in [3.05, 3.63) is 41.6 Å². The lowest BCUT2D eigenvalue weighted by Crippen LogP contribution is -2.43. The van der Waals surface area contributed by atoms with E-state index in [1.165, 1.54) is 4.31 Å². The summed E-state index contributed by atoms with van der Waals surface area (Å²) in [5, 5.41) is 7.26. The van der Waals surface area contributed by atoms with E-state index in [4.69, 9.17) is 0 Å². The SMILES string of the molecule is Cc1ccc(S(=O)(=O)N2CCC[C@H]2C(=O)Nc2cc(C)nn2C(C)C)cc1. The van der Waals surface area contributed by atoms with Crippen molar-refractivity contribution in [3.8, 4) is 0 Å². The van der Waals surface area contributed by atoms with Gasteiger partial charge in [0.1, 0.15) is 11.9 Å². The zero-order chi connectivity index (χ0) is 19.8. The Morgan fingerprint density at radius 1 is 1.22 bits per heavy atom. The minimum absolute atomic E-state index is 0.0879. The van der Waals surface area contributed by atoms with Gasteiger partial charge in [0.05, 0.1) is 10.6 Å². The highest BCUT2D eigenvalue weighted by atomic mass is 32.2. The van der Waals surface area contributed by atoms with E-state index < -0.39 is 16.1 Å². The monoisotopic (exact) mass is 390 g/mol. The number of amides is 1. The smallest absolute Gasteiger partial charge is 0.243 e. The van der Waals surface area contributed by atoms with Crippen LogP contribution in [0, 0.1) is 13.8 Å². The van der Waals surface area contributed by atoms with Crippen molar-refractivity contribution in [3.63, 3.8) is 0 Å². The van der Waals surface area contributed by atoms with E-state index in [-0.39, 0.29) is 16.8 Å². The molecular weight excluding hydrogens is 364 g/mol. The predicted octanol–water partition coefficient (Wildman–Crippen LogP) is 2.87. The van der Waals surface area contributed by atoms with Gasteiger partial charge in [-0.25, -0.2) is 13.1 Å². The van der Waals surface area contributed by atoms with Gasteiger partial charge < -0.3 is 5.32 Å². The molecule has 1 aliphatic rings. The molecule has 1 atom stereocenters. The van der Waals surface area contributed by atoms with Gasteiger partial charge in [0.25, 0.3) is 0 Å². The summed E-state index contributed by atoms with van der Waals surface area (Å²) in [4.78, 5) is 13.1. The highest BCUT2D eigenvalue weighted by Gasteiger charge is 2.39. The Morgan fingerprint density at radius 2 is 1.89 bits per heavy atom. The third-order valence-corrected chi connectivity index (χ3v) is 6.65. The average Bonchev–Trinajstić information content (AvgIpc) is 3.22. The Kier molecular flexibility index (Phi) is 5.39. The molecule has 0 bridgehead atoms. The average molecular weight is 391 g/mol. The number of nitrogens with one attached hydrogen (secondary N) is 1. The molecule has 3 rings (SSSR count). The van der Waals surface area contributed by atoms with Gasteiger partial charge in [-0.1, -0.05) is 17.7 Å². The molecule has 1 amide bonds. The normalized spacial score (nSPS) is 18.2. The van der Waals surface area contributed by atoms with Crippen LogP contribution < -0.4 is 5.32 Å². The first-order chi connectivity index (χ1) is 12.7. The number of benzene rings is 1. The van der Waals surface area contributed by atoms with Crippen LogP contribution in [0.1, 0.15) is 44.0 Å². The fraction of sp³-hybridized carbons (Fsp3) is 0.474. The zero-order valence-electron chi connectivity index (χ0n) is 16.1. The van der Waals surface area contributed by atoms with Crippen LogP contribution in [0.5, 0.6) is 0 Å². The molecule has 7 nitrogen and oxygen atoms in total. The van der Waals surface area contributed by atoms with Crippen molar-refractivity contribution in [2.24, 2.45) is 0 Å². The molecule has 27 heavy (non-hydrogen) atoms. The Labute approximate surface area is 160 Å². The summed E-state index contributed by atoms with van der Waals surface area (Å²) >= 11 is 0. The molecule has 1 N–H and O–H groups in total. The van der Waals surface area contributed by atoms with Crippen LogP contribution in [0.2, 0.25) is 0 Å². The van der Waals surface area contributed by atoms with Gasteiger partial charge in [-0.3, -0.25) is 4.79 Å². The number of carbonyl (C=O) groups is 1. The molecule has 0 aliphatic carbocycles. The molecule has 1 saturated heterocycles. The molecule has 0 radical (unpaired) electrons. The maximum atomic E-state index is 13.0. The topological polar surface area (TPSA) is 84.3 Å². The molecule has 1 aliphatic heterocycles. The van der Waals surface area contributed by atoms with Crippen LogP contribution in [0.25, 0.3) is 0 Å². The summed E-state index contributed by atoms with van der Waals surface area (Å²) in [5.74, 6) is 0.275. The van der Waals surface area contributed by atoms with E-state index >= 15 is 0 Å². The Hall–Kier alpha value is -2.19. The fourth-order valence-electron chi connectivity index (χ4n) is 3.35. The van der Waals surface area contributed by atoms with Gasteiger partial charge in [0.15, 0.2) is 0 Å². The molecule has 1 aromatic heterocycles. The highest BCUT2D eigenvalue weighted by Crippen LogP contribution is 2.27. The number of hydrogen-bond donors (Lipinski definition) is 1. The summed E-state index contributed by atoms with van der Waals surface area (Å²) < 4.78 is 29.1. The lowest BCUT2D eigenvalue weighted by molar-refractivity contribution is -0.119. The van der Waals surface area contributed by atoms with Gasteiger partial charge in [0.2, 0.25) is 15.9 Å². The summed E-state index contributed by atoms with van der Waals surface area (Å²) in [6, 6.07) is 7.89. The molecule has 0 unspecified atom stereocenters. The van der Waals surface area contributed by atoms with Crippen LogP contribution in [-0.4, -0.2) is 41.0 Å². The molecule has 146 valence electrons. The largest absolute Gasteiger partial charge is 0.309 e. The number of anilines is 1. The van der Waals surface area contributed by atoms with Crippen LogP contribution in [0.4, 0.5) is 5.82 Å². The Morgan fingerprint density at radius 3 is 2.52 bits per heavy atom. The maximum absolute atomic E-state index is 13.0. The number of aryl methyl sites for hydroxylation is 2. The first-order valence-electron chi connectivity index (χ1n) is 9.15. The molecule has 1 aromatic carbocycles. The van der Waals surface area contributed by atoms with Crippen molar-refractivity contribution < 1.29 is 13.2 Å². The molecule has 2 aromatic rings. The number of nitrogens with zero attached hydrogens (tertiary/aromatic N) is 3. The first kappa shape index (κ1) is 19.6. The number of rotatable bonds is 5. The van der Waals surface area contributed by atoms with Crippen molar-refractivity contribution in [1.82, 2.24) is 14.1 Å². The number of carbonyl (C=O) groups excluding carboxylic acids is 1. The molecular formula is C19H26N4O3S. The van der Waals surface area contributed by atoms with Gasteiger partial charge in [-0.2, -0.15) is 9.40 Å². The second-order valence-electron chi connectivity index (χ2n) is 7.29. The van der Waals surface area contributed by atoms with E-state index in [2.05, 4.69) is 10.4 Å². The minimum atomic E-state index is -3.71. The van der Waals surface area contributed by atoms with E-state index in [1.54, 1.807) is 35.0 Å². The molecule has 0 spiro atoms. The second kappa shape index (κ2) is 7.44. The van der Waals surface area contributed by atoms with Gasteiger partial charge in [-0.15, -0.1) is 0 Å². The summed E-state index contributed by atoms with van der Waals surface area (Å²) in [7, 11) is -3.71. The second-order valence-corrected chi connectivity index (χ2v) is 9.18. The van der Waals surface area contributed by atoms with Crippen molar-refractivity contribution in [1.29, 1.82) is 0 Å². The third kappa shape index (κ3) is 3.91. The van der Waals surface area contributed by atoms with E-state index in [1.807, 2.05) is 27.7 Å². The minimum Gasteiger partial charge on any atom is -0.309 e. The first-order valence-corrected chi connectivity index (χ1v) is 10.6. The van der Waals surface area contributed by atoms with E-state index in [0.29, 0.717) is 25.2 Å². The number of hydrogen-bond acceptors (Lipinski definition) is 4. The van der Waals surface area contributed by atoms with Crippen molar-refractivity contribution in [2.45, 2.75) is 57.5 Å². The molecule has 8 heteroatoms. The van der Waals surface area contributed by atoms with Gasteiger partial charge in [-0.05, 0) is 52.7 Å². The fourth-order valence-corrected chi connectivity index (χ4v) is 5.01. The van der Waals surface area contributed by atoms with Crippen LogP contribution in [0.3, 0.4) is 0 Å². The molecule has 0 saturated carbocycles. The zero-order valence-corrected chi connectivity index (χ0v) is 17.0. The van der Waals surface area contributed by atoms with E-state index in [0.717, 1.165) is 11.3 Å². The van der Waals surface area contributed by atoms with Crippen molar-refractivity contribution >= 4 is 21.7 Å².